The summed E-state index contributed by atoms with van der Waals surface area (Å²) in [6, 6.07) is 21.4. The third-order valence-corrected chi connectivity index (χ3v) is 7.21. The number of pyridine rings is 1. The van der Waals surface area contributed by atoms with Crippen molar-refractivity contribution in [1.82, 2.24) is 4.98 Å². The van der Waals surface area contributed by atoms with Crippen molar-refractivity contribution in [2.45, 2.75) is 64.6 Å². The zero-order valence-corrected chi connectivity index (χ0v) is 22.1. The first-order chi connectivity index (χ1) is 15.5. The average molecular weight is 623 g/mol. The molecule has 5 rings (SSSR count). The van der Waals surface area contributed by atoms with Gasteiger partial charge in [0.05, 0.1) is 12.2 Å². The summed E-state index contributed by atoms with van der Waals surface area (Å²) in [5, 5.41) is 22.9. The molecule has 0 bridgehead atoms. The molecule has 0 saturated heterocycles. The molecule has 5 atom stereocenters. The summed E-state index contributed by atoms with van der Waals surface area (Å²) in [6.07, 6.45) is 8.08. The first kappa shape index (κ1) is 26.0. The van der Waals surface area contributed by atoms with Crippen LogP contribution in [0.2, 0.25) is 0 Å². The zero-order chi connectivity index (χ0) is 22.5. The van der Waals surface area contributed by atoms with Gasteiger partial charge in [-0.15, -0.1) is 35.9 Å². The number of rotatable bonds is 3. The van der Waals surface area contributed by atoms with Gasteiger partial charge < -0.3 is 15.2 Å². The van der Waals surface area contributed by atoms with Crippen LogP contribution in [0.25, 0.3) is 22.0 Å². The van der Waals surface area contributed by atoms with Crippen molar-refractivity contribution in [1.29, 1.82) is 0 Å². The van der Waals surface area contributed by atoms with Crippen LogP contribution in [-0.4, -0.2) is 27.4 Å². The normalized spacial score (nSPS) is 26.6. The predicted octanol–water partition coefficient (Wildman–Crippen LogP) is 6.28. The molecule has 2 aliphatic carbocycles. The number of aliphatic hydroxyl groups is 2. The van der Waals surface area contributed by atoms with Crippen LogP contribution in [0, 0.1) is 29.7 Å². The molecular formula is C29H36IrNO2-. The van der Waals surface area contributed by atoms with Crippen molar-refractivity contribution >= 4 is 10.8 Å². The number of fused-ring (bicyclic) bond motifs is 2. The fourth-order valence-electron chi connectivity index (χ4n) is 5.80. The van der Waals surface area contributed by atoms with E-state index in [-0.39, 0.29) is 38.2 Å². The molecule has 1 radical (unpaired) electrons. The van der Waals surface area contributed by atoms with Crippen molar-refractivity contribution in [2.75, 3.05) is 0 Å². The number of hydrogen-bond donors (Lipinski definition) is 2. The Morgan fingerprint density at radius 2 is 1.76 bits per heavy atom. The molecule has 2 aromatic carbocycles. The van der Waals surface area contributed by atoms with Gasteiger partial charge in [-0.25, -0.2) is 0 Å². The largest absolute Gasteiger partial charge is 0.393 e. The molecule has 33 heavy (non-hydrogen) atoms. The van der Waals surface area contributed by atoms with Crippen LogP contribution in [-0.2, 0) is 20.1 Å². The predicted molar refractivity (Wildman–Crippen MR) is 131 cm³/mol. The van der Waals surface area contributed by atoms with E-state index in [9.17, 15) is 10.2 Å². The van der Waals surface area contributed by atoms with Crippen LogP contribution in [0.1, 0.15) is 52.4 Å². The van der Waals surface area contributed by atoms with Crippen LogP contribution in [0.4, 0.5) is 0 Å². The molecule has 1 heterocycles. The minimum Gasteiger partial charge on any atom is -0.393 e. The molecular weight excluding hydrogens is 587 g/mol. The standard InChI is InChI=1S/C15H10N.C14H26O2.Ir/c1-2-7-13(8-3-1)15-14-9-5-4-6-12(14)10-11-16-15;1-9(2)7-11-8-10-5-3-4-6-12(15)13(10)14(11)16;/h1-7,9-11H;9-16H,3-8H2,1-2H3;/q-1;;. The SMILES string of the molecule is CC(C)CC1CC2CCCCC(O)C2C1O.[Ir].[c-]1ccccc1-c1nccc2ccccc12. The van der Waals surface area contributed by atoms with E-state index in [1.165, 1.54) is 23.6 Å². The second-order valence-electron chi connectivity index (χ2n) is 9.96. The van der Waals surface area contributed by atoms with E-state index in [1.807, 2.05) is 48.7 Å². The molecule has 4 heteroatoms. The van der Waals surface area contributed by atoms with E-state index in [1.54, 1.807) is 0 Å². The fraction of sp³-hybridized carbons (Fsp3) is 0.483. The van der Waals surface area contributed by atoms with Gasteiger partial charge in [-0.1, -0.05) is 51.0 Å². The molecule has 1 aromatic heterocycles. The Morgan fingerprint density at radius 3 is 2.52 bits per heavy atom. The van der Waals surface area contributed by atoms with Crippen molar-refractivity contribution in [3.63, 3.8) is 0 Å². The van der Waals surface area contributed by atoms with E-state index in [0.29, 0.717) is 17.8 Å². The van der Waals surface area contributed by atoms with E-state index in [2.05, 4.69) is 37.0 Å². The molecule has 0 aliphatic heterocycles. The van der Waals surface area contributed by atoms with Crippen LogP contribution in [0.15, 0.2) is 60.8 Å². The van der Waals surface area contributed by atoms with Gasteiger partial charge in [-0.3, -0.25) is 0 Å². The second kappa shape index (κ2) is 12.2. The Hall–Kier alpha value is -1.58. The maximum Gasteiger partial charge on any atom is 0.0624 e. The van der Waals surface area contributed by atoms with E-state index < -0.39 is 0 Å². The van der Waals surface area contributed by atoms with Gasteiger partial charge in [0.15, 0.2) is 0 Å². The van der Waals surface area contributed by atoms with Crippen molar-refractivity contribution < 1.29 is 30.3 Å². The fourth-order valence-corrected chi connectivity index (χ4v) is 5.80. The number of hydrogen-bond acceptors (Lipinski definition) is 3. The molecule has 0 spiro atoms. The second-order valence-corrected chi connectivity index (χ2v) is 9.96. The number of benzene rings is 2. The molecule has 3 aromatic rings. The third-order valence-electron chi connectivity index (χ3n) is 7.21. The van der Waals surface area contributed by atoms with E-state index in [4.69, 9.17) is 0 Å². The number of aliphatic hydroxyl groups excluding tert-OH is 2. The Balaban J connectivity index is 0.000000180. The van der Waals surface area contributed by atoms with Gasteiger partial charge in [0.1, 0.15) is 0 Å². The van der Waals surface area contributed by atoms with E-state index >= 15 is 0 Å². The minimum atomic E-state index is -0.250. The summed E-state index contributed by atoms with van der Waals surface area (Å²) in [7, 11) is 0. The average Bonchev–Trinajstić information content (AvgIpc) is 2.99. The van der Waals surface area contributed by atoms with Gasteiger partial charge in [0.2, 0.25) is 0 Å². The molecule has 2 saturated carbocycles. The Kier molecular flexibility index (Phi) is 9.64. The summed E-state index contributed by atoms with van der Waals surface area (Å²) in [6.45, 7) is 4.44. The van der Waals surface area contributed by atoms with E-state index in [0.717, 1.165) is 36.9 Å². The molecule has 5 unspecified atom stereocenters. The summed E-state index contributed by atoms with van der Waals surface area (Å²) >= 11 is 0. The summed E-state index contributed by atoms with van der Waals surface area (Å²) in [5.41, 5.74) is 2.04. The van der Waals surface area contributed by atoms with Crippen molar-refractivity contribution in [3.8, 4) is 11.3 Å². The number of nitrogens with zero attached hydrogens (tertiary/aromatic N) is 1. The molecule has 179 valence electrons. The Morgan fingerprint density at radius 1 is 1.00 bits per heavy atom. The van der Waals surface area contributed by atoms with Gasteiger partial charge in [-0.05, 0) is 66.0 Å². The van der Waals surface area contributed by atoms with Crippen LogP contribution in [0.3, 0.4) is 0 Å². The first-order valence-corrected chi connectivity index (χ1v) is 12.2. The van der Waals surface area contributed by atoms with Gasteiger partial charge in [0, 0.05) is 32.2 Å². The van der Waals surface area contributed by atoms with Crippen LogP contribution < -0.4 is 0 Å². The summed E-state index contributed by atoms with van der Waals surface area (Å²) < 4.78 is 0. The quantitative estimate of drug-likeness (QED) is 0.338. The maximum absolute atomic E-state index is 10.4. The van der Waals surface area contributed by atoms with Gasteiger partial charge >= 0.3 is 0 Å². The third kappa shape index (κ3) is 6.31. The molecule has 3 nitrogen and oxygen atoms in total. The van der Waals surface area contributed by atoms with Crippen LogP contribution >= 0.6 is 0 Å². The zero-order valence-electron chi connectivity index (χ0n) is 19.7. The van der Waals surface area contributed by atoms with Gasteiger partial charge in [0.25, 0.3) is 0 Å². The summed E-state index contributed by atoms with van der Waals surface area (Å²) in [4.78, 5) is 4.45. The van der Waals surface area contributed by atoms with Crippen molar-refractivity contribution in [3.05, 3.63) is 66.9 Å². The maximum atomic E-state index is 10.4. The summed E-state index contributed by atoms with van der Waals surface area (Å²) in [5.74, 6) is 1.84. The number of aromatic nitrogens is 1. The molecule has 2 fully saturated rings. The first-order valence-electron chi connectivity index (χ1n) is 12.2. The molecule has 2 N–H and O–H groups in total. The van der Waals surface area contributed by atoms with Crippen LogP contribution in [0.5, 0.6) is 0 Å². The Bertz CT molecular complexity index is 988. The molecule has 0 amide bonds. The minimum absolute atomic E-state index is 0. The smallest absolute Gasteiger partial charge is 0.0624 e. The van der Waals surface area contributed by atoms with Gasteiger partial charge in [-0.2, -0.15) is 0 Å². The topological polar surface area (TPSA) is 53.4 Å². The van der Waals surface area contributed by atoms with Crippen molar-refractivity contribution in [2.24, 2.45) is 23.7 Å². The monoisotopic (exact) mass is 623 g/mol. The molecule has 2 aliphatic rings. The Labute approximate surface area is 212 Å².